The molecule has 2 fully saturated rings. The number of hydrogen-bond acceptors (Lipinski definition) is 4. The topological polar surface area (TPSA) is 72.5 Å². The summed E-state index contributed by atoms with van der Waals surface area (Å²) in [5.41, 5.74) is -0.881. The molecule has 5 heteroatoms. The molecular formula is C13H17NO4. The summed E-state index contributed by atoms with van der Waals surface area (Å²) in [6.07, 6.45) is 3.51. The maximum Gasteiger partial charge on any atom is 0.330 e. The van der Waals surface area contributed by atoms with E-state index < -0.39 is 17.5 Å². The maximum atomic E-state index is 12.1. The highest BCUT2D eigenvalue weighted by atomic mass is 16.5. The van der Waals surface area contributed by atoms with Gasteiger partial charge in [-0.2, -0.15) is 0 Å². The molecule has 98 valence electrons. The largest absolute Gasteiger partial charge is 0.458 e. The zero-order valence-electron chi connectivity index (χ0n) is 10.4. The molecule has 1 aliphatic heterocycles. The standard InChI is InChI=1S/C13H17NO4/c1-3-10(15)18-8(2)13-7-5-4-6-9(13)11(16)14-12(13)17/h3,8-9H,1,4-7H2,2H3,(H,14,16,17). The quantitative estimate of drug-likeness (QED) is 0.460. The van der Waals surface area contributed by atoms with E-state index in [9.17, 15) is 14.4 Å². The van der Waals surface area contributed by atoms with Crippen LogP contribution >= 0.6 is 0 Å². The molecule has 3 atom stereocenters. The summed E-state index contributed by atoms with van der Waals surface area (Å²) in [5, 5.41) is 2.38. The second kappa shape index (κ2) is 4.55. The lowest BCUT2D eigenvalue weighted by atomic mass is 9.64. The fraction of sp³-hybridized carbons (Fsp3) is 0.615. The van der Waals surface area contributed by atoms with Gasteiger partial charge in [-0.3, -0.25) is 14.9 Å². The summed E-state index contributed by atoms with van der Waals surface area (Å²) in [7, 11) is 0. The SMILES string of the molecule is C=CC(=O)OC(C)C12CCCCC1C(=O)NC2=O. The Morgan fingerprint density at radius 2 is 2.28 bits per heavy atom. The summed E-state index contributed by atoms with van der Waals surface area (Å²) < 4.78 is 5.19. The van der Waals surface area contributed by atoms with E-state index in [-0.39, 0.29) is 17.7 Å². The number of fused-ring (bicyclic) bond motifs is 1. The Labute approximate surface area is 106 Å². The Hall–Kier alpha value is -1.65. The molecule has 5 nitrogen and oxygen atoms in total. The molecular weight excluding hydrogens is 234 g/mol. The molecule has 1 aliphatic carbocycles. The van der Waals surface area contributed by atoms with E-state index in [1.165, 1.54) is 0 Å². The van der Waals surface area contributed by atoms with Crippen molar-refractivity contribution in [2.24, 2.45) is 11.3 Å². The van der Waals surface area contributed by atoms with Crippen LogP contribution in [-0.4, -0.2) is 23.9 Å². The fourth-order valence-electron chi connectivity index (χ4n) is 3.15. The van der Waals surface area contributed by atoms with Crippen LogP contribution in [0.15, 0.2) is 12.7 Å². The first kappa shape index (κ1) is 12.8. The average molecular weight is 251 g/mol. The second-order valence-corrected chi connectivity index (χ2v) is 4.94. The molecule has 0 bridgehead atoms. The van der Waals surface area contributed by atoms with Crippen molar-refractivity contribution < 1.29 is 19.1 Å². The zero-order chi connectivity index (χ0) is 13.3. The Balaban J connectivity index is 2.29. The van der Waals surface area contributed by atoms with Gasteiger partial charge in [-0.1, -0.05) is 19.4 Å². The van der Waals surface area contributed by atoms with Crippen molar-refractivity contribution in [2.75, 3.05) is 0 Å². The lowest BCUT2D eigenvalue weighted by Gasteiger charge is -2.39. The van der Waals surface area contributed by atoms with Gasteiger partial charge in [0.2, 0.25) is 11.8 Å². The second-order valence-electron chi connectivity index (χ2n) is 4.94. The van der Waals surface area contributed by atoms with Crippen molar-refractivity contribution in [3.63, 3.8) is 0 Å². The van der Waals surface area contributed by atoms with Crippen molar-refractivity contribution in [1.29, 1.82) is 0 Å². The van der Waals surface area contributed by atoms with Crippen LogP contribution in [0.2, 0.25) is 0 Å². The van der Waals surface area contributed by atoms with Crippen molar-refractivity contribution in [3.8, 4) is 0 Å². The molecule has 1 saturated carbocycles. The minimum atomic E-state index is -0.881. The van der Waals surface area contributed by atoms with Crippen LogP contribution in [-0.2, 0) is 19.1 Å². The third-order valence-corrected chi connectivity index (χ3v) is 4.12. The highest BCUT2D eigenvalue weighted by Gasteiger charge is 2.60. The number of rotatable bonds is 3. The van der Waals surface area contributed by atoms with Gasteiger partial charge in [-0.15, -0.1) is 0 Å². The molecule has 0 spiro atoms. The molecule has 0 aromatic carbocycles. The number of ether oxygens (including phenoxy) is 1. The third kappa shape index (κ3) is 1.74. The lowest BCUT2D eigenvalue weighted by molar-refractivity contribution is -0.159. The Kier molecular flexibility index (Phi) is 3.24. The molecule has 0 radical (unpaired) electrons. The summed E-state index contributed by atoms with van der Waals surface area (Å²) in [5.74, 6) is -1.47. The lowest BCUT2D eigenvalue weighted by Crippen LogP contribution is -2.47. The van der Waals surface area contributed by atoms with Crippen LogP contribution < -0.4 is 5.32 Å². The van der Waals surface area contributed by atoms with Crippen LogP contribution in [0.25, 0.3) is 0 Å². The summed E-state index contributed by atoms with van der Waals surface area (Å²) in [6, 6.07) is 0. The number of imide groups is 1. The predicted molar refractivity (Wildman–Crippen MR) is 63.3 cm³/mol. The number of carbonyl (C=O) groups is 3. The Morgan fingerprint density at radius 1 is 1.56 bits per heavy atom. The molecule has 1 heterocycles. The van der Waals surface area contributed by atoms with Gasteiger partial charge in [0.25, 0.3) is 0 Å². The van der Waals surface area contributed by atoms with Gasteiger partial charge in [-0.05, 0) is 19.8 Å². The van der Waals surface area contributed by atoms with Crippen molar-refractivity contribution in [2.45, 2.75) is 38.7 Å². The monoisotopic (exact) mass is 251 g/mol. The first-order chi connectivity index (χ1) is 8.52. The predicted octanol–water partition coefficient (Wildman–Crippen LogP) is 0.937. The highest BCUT2D eigenvalue weighted by molar-refractivity contribution is 6.08. The van der Waals surface area contributed by atoms with E-state index in [0.717, 1.165) is 18.9 Å². The van der Waals surface area contributed by atoms with Gasteiger partial charge >= 0.3 is 5.97 Å². The van der Waals surface area contributed by atoms with E-state index in [1.807, 2.05) is 0 Å². The van der Waals surface area contributed by atoms with Crippen LogP contribution in [0.1, 0.15) is 32.6 Å². The molecule has 3 unspecified atom stereocenters. The molecule has 18 heavy (non-hydrogen) atoms. The minimum absolute atomic E-state index is 0.235. The van der Waals surface area contributed by atoms with Crippen LogP contribution in [0.5, 0.6) is 0 Å². The first-order valence-corrected chi connectivity index (χ1v) is 6.20. The smallest absolute Gasteiger partial charge is 0.330 e. The van der Waals surface area contributed by atoms with Gasteiger partial charge < -0.3 is 4.74 Å². The summed E-state index contributed by atoms with van der Waals surface area (Å²) >= 11 is 0. The van der Waals surface area contributed by atoms with Gasteiger partial charge in [0, 0.05) is 6.08 Å². The molecule has 2 rings (SSSR count). The number of esters is 1. The van der Waals surface area contributed by atoms with Crippen LogP contribution in [0.3, 0.4) is 0 Å². The summed E-state index contributed by atoms with van der Waals surface area (Å²) in [6.45, 7) is 5.01. The van der Waals surface area contributed by atoms with E-state index in [0.29, 0.717) is 12.8 Å². The normalized spacial score (nSPS) is 32.4. The maximum absolute atomic E-state index is 12.1. The third-order valence-electron chi connectivity index (χ3n) is 4.12. The van der Waals surface area contributed by atoms with Crippen LogP contribution in [0, 0.1) is 11.3 Å². The van der Waals surface area contributed by atoms with Gasteiger partial charge in [-0.25, -0.2) is 4.79 Å². The van der Waals surface area contributed by atoms with E-state index in [1.54, 1.807) is 6.92 Å². The number of carbonyl (C=O) groups excluding carboxylic acids is 3. The first-order valence-electron chi connectivity index (χ1n) is 6.20. The number of amides is 2. The van der Waals surface area contributed by atoms with E-state index in [2.05, 4.69) is 11.9 Å². The fourth-order valence-corrected chi connectivity index (χ4v) is 3.15. The zero-order valence-corrected chi connectivity index (χ0v) is 10.4. The Bertz CT molecular complexity index is 417. The van der Waals surface area contributed by atoms with E-state index >= 15 is 0 Å². The van der Waals surface area contributed by atoms with Gasteiger partial charge in [0.1, 0.15) is 6.10 Å². The molecule has 1 N–H and O–H groups in total. The highest BCUT2D eigenvalue weighted by Crippen LogP contribution is 2.48. The van der Waals surface area contributed by atoms with Crippen molar-refractivity contribution in [3.05, 3.63) is 12.7 Å². The molecule has 0 aromatic rings. The molecule has 1 saturated heterocycles. The minimum Gasteiger partial charge on any atom is -0.458 e. The molecule has 2 aliphatic rings. The van der Waals surface area contributed by atoms with Crippen molar-refractivity contribution >= 4 is 17.8 Å². The van der Waals surface area contributed by atoms with Crippen LogP contribution in [0.4, 0.5) is 0 Å². The van der Waals surface area contributed by atoms with Crippen molar-refractivity contribution in [1.82, 2.24) is 5.32 Å². The average Bonchev–Trinajstić information content (AvgIpc) is 2.63. The van der Waals surface area contributed by atoms with Gasteiger partial charge in [0.05, 0.1) is 11.3 Å². The molecule has 2 amide bonds. The molecule has 0 aromatic heterocycles. The number of hydrogen-bond donors (Lipinski definition) is 1. The number of nitrogens with one attached hydrogen (secondary N) is 1. The Morgan fingerprint density at radius 3 is 2.94 bits per heavy atom. The summed E-state index contributed by atoms with van der Waals surface area (Å²) in [4.78, 5) is 35.2. The van der Waals surface area contributed by atoms with E-state index in [4.69, 9.17) is 4.74 Å². The van der Waals surface area contributed by atoms with Gasteiger partial charge in [0.15, 0.2) is 0 Å².